The molecule has 1 aliphatic rings. The van der Waals surface area contributed by atoms with Crippen LogP contribution in [0.3, 0.4) is 0 Å². The molecule has 1 N–H and O–H groups in total. The summed E-state index contributed by atoms with van der Waals surface area (Å²) >= 11 is 0. The third-order valence-electron chi connectivity index (χ3n) is 4.31. The molecule has 0 saturated heterocycles. The highest BCUT2D eigenvalue weighted by atomic mass is 19.4. The van der Waals surface area contributed by atoms with Gasteiger partial charge in [-0.2, -0.15) is 23.3 Å². The lowest BCUT2D eigenvalue weighted by molar-refractivity contribution is -0.297. The zero-order valence-electron chi connectivity index (χ0n) is 14.4. The van der Waals surface area contributed by atoms with E-state index in [9.17, 15) is 23.1 Å². The lowest BCUT2D eigenvalue weighted by atomic mass is 10.0. The van der Waals surface area contributed by atoms with E-state index in [0.29, 0.717) is 12.8 Å². The number of halogens is 3. The van der Waals surface area contributed by atoms with Crippen LogP contribution in [0, 0.1) is 6.92 Å². The normalized spacial score (nSPS) is 20.7. The SMILES string of the molecule is CCCCCCC1=NN(C(=O)c2ccc(C)cc2)[C@](O)(C(F)(F)F)C1. The first kappa shape index (κ1) is 19.4. The largest absolute Gasteiger partial charge is 0.438 e. The Morgan fingerprint density at radius 3 is 2.44 bits per heavy atom. The summed E-state index contributed by atoms with van der Waals surface area (Å²) in [6.45, 7) is 3.85. The third-order valence-corrected chi connectivity index (χ3v) is 4.31. The van der Waals surface area contributed by atoms with Crippen molar-refractivity contribution in [3.8, 4) is 0 Å². The van der Waals surface area contributed by atoms with E-state index in [-0.39, 0.29) is 16.3 Å². The van der Waals surface area contributed by atoms with Gasteiger partial charge in [0.25, 0.3) is 11.6 Å². The van der Waals surface area contributed by atoms with E-state index < -0.39 is 24.2 Å². The Kier molecular flexibility index (Phi) is 5.87. The van der Waals surface area contributed by atoms with Crippen molar-refractivity contribution < 1.29 is 23.1 Å². The minimum absolute atomic E-state index is 0.0595. The molecule has 25 heavy (non-hydrogen) atoms. The number of rotatable bonds is 6. The van der Waals surface area contributed by atoms with Crippen LogP contribution in [0.1, 0.15) is 61.4 Å². The summed E-state index contributed by atoms with van der Waals surface area (Å²) < 4.78 is 40.3. The maximum Gasteiger partial charge on any atom is 0.438 e. The summed E-state index contributed by atoms with van der Waals surface area (Å²) in [5.74, 6) is -0.955. The molecular formula is C18H23F3N2O2. The van der Waals surface area contributed by atoms with Gasteiger partial charge in [0, 0.05) is 17.7 Å². The summed E-state index contributed by atoms with van der Waals surface area (Å²) in [6, 6.07) is 6.13. The van der Waals surface area contributed by atoms with E-state index in [2.05, 4.69) is 5.10 Å². The van der Waals surface area contributed by atoms with Crippen molar-refractivity contribution in [1.29, 1.82) is 0 Å². The minimum atomic E-state index is -4.98. The first-order valence-corrected chi connectivity index (χ1v) is 8.45. The number of alkyl halides is 3. The number of aryl methyl sites for hydroxylation is 1. The Hall–Kier alpha value is -1.89. The van der Waals surface area contributed by atoms with Gasteiger partial charge >= 0.3 is 6.18 Å². The lowest BCUT2D eigenvalue weighted by Gasteiger charge is -2.32. The Labute approximate surface area is 145 Å². The second kappa shape index (κ2) is 7.56. The van der Waals surface area contributed by atoms with E-state index in [1.165, 1.54) is 12.1 Å². The average molecular weight is 356 g/mol. The molecule has 1 aromatic rings. The van der Waals surface area contributed by atoms with Crippen LogP contribution >= 0.6 is 0 Å². The predicted octanol–water partition coefficient (Wildman–Crippen LogP) is 4.42. The van der Waals surface area contributed by atoms with Crippen molar-refractivity contribution in [2.45, 2.75) is 64.3 Å². The average Bonchev–Trinajstić information content (AvgIpc) is 2.89. The molecule has 0 saturated carbocycles. The van der Waals surface area contributed by atoms with Gasteiger partial charge in [-0.15, -0.1) is 0 Å². The first-order chi connectivity index (χ1) is 11.7. The highest BCUT2D eigenvalue weighted by molar-refractivity contribution is 5.98. The molecule has 0 aromatic heterocycles. The topological polar surface area (TPSA) is 52.9 Å². The number of hydrogen-bond acceptors (Lipinski definition) is 3. The zero-order valence-corrected chi connectivity index (χ0v) is 14.4. The van der Waals surface area contributed by atoms with E-state index in [1.807, 2.05) is 13.8 Å². The molecule has 1 amide bonds. The van der Waals surface area contributed by atoms with Gasteiger partial charge in [-0.05, 0) is 31.9 Å². The Morgan fingerprint density at radius 2 is 1.88 bits per heavy atom. The van der Waals surface area contributed by atoms with Gasteiger partial charge in [0.05, 0.1) is 0 Å². The number of aliphatic hydroxyl groups is 1. The van der Waals surface area contributed by atoms with Crippen molar-refractivity contribution in [2.24, 2.45) is 5.10 Å². The second-order valence-electron chi connectivity index (χ2n) is 6.45. The van der Waals surface area contributed by atoms with E-state index in [4.69, 9.17) is 0 Å². The molecule has 1 aromatic carbocycles. The highest BCUT2D eigenvalue weighted by Crippen LogP contribution is 2.41. The fourth-order valence-electron chi connectivity index (χ4n) is 2.77. The number of unbranched alkanes of at least 4 members (excludes halogenated alkanes) is 3. The molecule has 0 bridgehead atoms. The molecule has 0 spiro atoms. The maximum atomic E-state index is 13.4. The van der Waals surface area contributed by atoms with E-state index >= 15 is 0 Å². The summed E-state index contributed by atoms with van der Waals surface area (Å²) in [4.78, 5) is 12.5. The van der Waals surface area contributed by atoms with Crippen LogP contribution in [0.4, 0.5) is 13.2 Å². The van der Waals surface area contributed by atoms with Gasteiger partial charge in [-0.1, -0.05) is 43.9 Å². The molecule has 0 fully saturated rings. The van der Waals surface area contributed by atoms with Crippen molar-refractivity contribution >= 4 is 11.6 Å². The Bertz CT molecular complexity index is 641. The highest BCUT2D eigenvalue weighted by Gasteiger charge is 2.63. The van der Waals surface area contributed by atoms with Gasteiger partial charge in [0.1, 0.15) is 0 Å². The fraction of sp³-hybridized carbons (Fsp3) is 0.556. The molecule has 0 unspecified atom stereocenters. The van der Waals surface area contributed by atoms with Crippen molar-refractivity contribution in [1.82, 2.24) is 5.01 Å². The molecule has 1 aliphatic heterocycles. The molecule has 138 valence electrons. The quantitative estimate of drug-likeness (QED) is 0.767. The van der Waals surface area contributed by atoms with Crippen LogP contribution in [0.25, 0.3) is 0 Å². The van der Waals surface area contributed by atoms with Crippen LogP contribution in [0.2, 0.25) is 0 Å². The molecule has 7 heteroatoms. The minimum Gasteiger partial charge on any atom is -0.362 e. The number of carbonyl (C=O) groups excluding carboxylic acids is 1. The standard InChI is InChI=1S/C18H23F3N2O2/c1-3-4-5-6-7-15-12-17(25,18(19,20)21)23(22-15)16(24)14-10-8-13(2)9-11-14/h8-11,25H,3-7,12H2,1-2H3/t17-/m1/s1. The number of nitrogens with zero attached hydrogens (tertiary/aromatic N) is 2. The van der Waals surface area contributed by atoms with Gasteiger partial charge in [-0.3, -0.25) is 4.79 Å². The number of benzene rings is 1. The summed E-state index contributed by atoms with van der Waals surface area (Å²) in [5.41, 5.74) is -2.14. The number of hydrogen-bond donors (Lipinski definition) is 1. The van der Waals surface area contributed by atoms with Gasteiger partial charge in [-0.25, -0.2) is 0 Å². The Morgan fingerprint density at radius 1 is 1.24 bits per heavy atom. The summed E-state index contributed by atoms with van der Waals surface area (Å²) in [7, 11) is 0. The van der Waals surface area contributed by atoms with Crippen molar-refractivity contribution in [2.75, 3.05) is 0 Å². The van der Waals surface area contributed by atoms with Crippen LogP contribution < -0.4 is 0 Å². The zero-order chi connectivity index (χ0) is 18.7. The van der Waals surface area contributed by atoms with E-state index in [0.717, 1.165) is 24.8 Å². The molecule has 4 nitrogen and oxygen atoms in total. The van der Waals surface area contributed by atoms with Gasteiger partial charge in [0.15, 0.2) is 0 Å². The smallest absolute Gasteiger partial charge is 0.362 e. The number of amides is 1. The third kappa shape index (κ3) is 4.21. The second-order valence-corrected chi connectivity index (χ2v) is 6.45. The molecule has 1 atom stereocenters. The molecule has 1 heterocycles. The molecule has 2 rings (SSSR count). The number of carbonyl (C=O) groups is 1. The van der Waals surface area contributed by atoms with Crippen LogP contribution in [-0.4, -0.2) is 33.6 Å². The summed E-state index contributed by atoms with van der Waals surface area (Å²) in [5, 5.41) is 14.2. The van der Waals surface area contributed by atoms with Gasteiger partial charge in [0.2, 0.25) is 0 Å². The van der Waals surface area contributed by atoms with Crippen LogP contribution in [0.15, 0.2) is 29.4 Å². The molecule has 0 radical (unpaired) electrons. The monoisotopic (exact) mass is 356 g/mol. The van der Waals surface area contributed by atoms with Crippen LogP contribution in [-0.2, 0) is 0 Å². The predicted molar refractivity (Wildman–Crippen MR) is 89.2 cm³/mol. The van der Waals surface area contributed by atoms with E-state index in [1.54, 1.807) is 12.1 Å². The number of hydrazone groups is 1. The van der Waals surface area contributed by atoms with Gasteiger partial charge < -0.3 is 5.11 Å². The lowest BCUT2D eigenvalue weighted by Crippen LogP contribution is -2.56. The van der Waals surface area contributed by atoms with Crippen LogP contribution in [0.5, 0.6) is 0 Å². The molecule has 0 aliphatic carbocycles. The Balaban J connectivity index is 2.24. The van der Waals surface area contributed by atoms with Crippen molar-refractivity contribution in [3.05, 3.63) is 35.4 Å². The maximum absolute atomic E-state index is 13.4. The molecular weight excluding hydrogens is 333 g/mol. The summed E-state index contributed by atoms with van der Waals surface area (Å²) in [6.07, 6.45) is -1.77. The van der Waals surface area contributed by atoms with Crippen molar-refractivity contribution in [3.63, 3.8) is 0 Å². The fourth-order valence-corrected chi connectivity index (χ4v) is 2.77. The first-order valence-electron chi connectivity index (χ1n) is 8.45.